The molecule has 1 amide bonds. The summed E-state index contributed by atoms with van der Waals surface area (Å²) >= 11 is 0. The van der Waals surface area contributed by atoms with Crippen LogP contribution in [-0.4, -0.2) is 58.7 Å². The topological polar surface area (TPSA) is 83.8 Å². The summed E-state index contributed by atoms with van der Waals surface area (Å²) in [6.45, 7) is 3.84. The minimum absolute atomic E-state index is 0.0549. The van der Waals surface area contributed by atoms with Crippen LogP contribution in [-0.2, 0) is 0 Å². The van der Waals surface area contributed by atoms with Crippen molar-refractivity contribution >= 4 is 23.2 Å². The minimum Gasteiger partial charge on any atom is -0.497 e. The van der Waals surface area contributed by atoms with Crippen LogP contribution in [0.5, 0.6) is 5.75 Å². The molecule has 1 aliphatic heterocycles. The van der Waals surface area contributed by atoms with Gasteiger partial charge in [0.05, 0.1) is 7.11 Å². The summed E-state index contributed by atoms with van der Waals surface area (Å²) in [5, 5.41) is 10.8. The number of rotatable bonds is 8. The molecule has 8 heteroatoms. The lowest BCUT2D eigenvalue weighted by Crippen LogP contribution is -2.33. The summed E-state index contributed by atoms with van der Waals surface area (Å²) in [7, 11) is 1.65. The molecule has 2 N–H and O–H groups in total. The highest BCUT2D eigenvalue weighted by atomic mass is 16.5. The molecule has 8 nitrogen and oxygen atoms in total. The maximum absolute atomic E-state index is 12.4. The van der Waals surface area contributed by atoms with Gasteiger partial charge in [0, 0.05) is 36.1 Å². The van der Waals surface area contributed by atoms with E-state index in [2.05, 4.69) is 25.6 Å². The van der Waals surface area contributed by atoms with Crippen LogP contribution >= 0.6 is 0 Å². The predicted octanol–water partition coefficient (Wildman–Crippen LogP) is 3.97. The molecule has 0 atom stereocenters. The average Bonchev–Trinajstić information content (AvgIpc) is 3.54. The first kappa shape index (κ1) is 21.9. The molecule has 0 unspecified atom stereocenters. The predicted molar refractivity (Wildman–Crippen MR) is 133 cm³/mol. The van der Waals surface area contributed by atoms with Crippen molar-refractivity contribution in [2.75, 3.05) is 38.6 Å². The number of methoxy groups -OCH3 is 1. The number of benzene rings is 2. The molecule has 5 rings (SSSR count). The maximum atomic E-state index is 12.4. The van der Waals surface area contributed by atoms with Gasteiger partial charge in [0.15, 0.2) is 5.65 Å². The Labute approximate surface area is 198 Å². The van der Waals surface area contributed by atoms with Gasteiger partial charge >= 0.3 is 0 Å². The summed E-state index contributed by atoms with van der Waals surface area (Å²) in [4.78, 5) is 19.5. The Hall–Kier alpha value is -3.91. The first-order valence-corrected chi connectivity index (χ1v) is 11.6. The third-order valence-corrected chi connectivity index (χ3v) is 6.08. The van der Waals surface area contributed by atoms with Crippen LogP contribution in [0.15, 0.2) is 66.9 Å². The van der Waals surface area contributed by atoms with Gasteiger partial charge in [-0.1, -0.05) is 12.1 Å². The van der Waals surface area contributed by atoms with E-state index in [0.717, 1.165) is 47.8 Å². The number of carbonyl (C=O) groups is 1. The molecule has 0 spiro atoms. The van der Waals surface area contributed by atoms with Crippen molar-refractivity contribution in [2.24, 2.45) is 0 Å². The van der Waals surface area contributed by atoms with Crippen LogP contribution in [0, 0.1) is 0 Å². The zero-order valence-electron chi connectivity index (χ0n) is 19.2. The molecule has 174 valence electrons. The number of anilines is 2. The molecule has 0 radical (unpaired) electrons. The molecule has 0 saturated carbocycles. The highest BCUT2D eigenvalue weighted by Gasteiger charge is 2.13. The molecule has 4 aromatic rings. The fourth-order valence-electron chi connectivity index (χ4n) is 4.22. The van der Waals surface area contributed by atoms with Gasteiger partial charge in [-0.25, -0.2) is 4.52 Å². The molecule has 2 aromatic heterocycles. The molecule has 1 saturated heterocycles. The second-order valence-electron chi connectivity index (χ2n) is 8.36. The number of likely N-dealkylation sites (tertiary alicyclic amines) is 1. The molecule has 2 aromatic carbocycles. The molecular weight excluding hydrogens is 428 g/mol. The molecule has 34 heavy (non-hydrogen) atoms. The summed E-state index contributed by atoms with van der Waals surface area (Å²) in [5.41, 5.74) is 4.22. The third-order valence-electron chi connectivity index (χ3n) is 6.08. The number of fused-ring (bicyclic) bond motifs is 1. The van der Waals surface area contributed by atoms with E-state index in [0.29, 0.717) is 18.1 Å². The van der Waals surface area contributed by atoms with Crippen molar-refractivity contribution < 1.29 is 9.53 Å². The molecule has 1 aliphatic rings. The van der Waals surface area contributed by atoms with E-state index in [1.165, 1.54) is 12.8 Å². The second kappa shape index (κ2) is 9.93. The van der Waals surface area contributed by atoms with Gasteiger partial charge in [-0.3, -0.25) is 4.79 Å². The van der Waals surface area contributed by atoms with Gasteiger partial charge in [0.2, 0.25) is 5.95 Å². The second-order valence-corrected chi connectivity index (χ2v) is 8.36. The SMILES string of the molecule is COc1ccc(-c2cccn3nc(Nc4ccc(C(=O)NCCN5CCCC5)cc4)nc23)cc1. The van der Waals surface area contributed by atoms with Crippen LogP contribution in [0.3, 0.4) is 0 Å². The number of carbonyl (C=O) groups excluding carboxylic acids is 1. The van der Waals surface area contributed by atoms with Crippen LogP contribution in [0.2, 0.25) is 0 Å². The summed E-state index contributed by atoms with van der Waals surface area (Å²) in [6, 6.07) is 19.2. The van der Waals surface area contributed by atoms with Crippen molar-refractivity contribution in [3.05, 3.63) is 72.4 Å². The lowest BCUT2D eigenvalue weighted by molar-refractivity contribution is 0.0950. The molecular formula is C26H28N6O2. The third kappa shape index (κ3) is 4.87. The Balaban J connectivity index is 1.25. The van der Waals surface area contributed by atoms with Crippen LogP contribution in [0.25, 0.3) is 16.8 Å². The van der Waals surface area contributed by atoms with Gasteiger partial charge < -0.3 is 20.3 Å². The lowest BCUT2D eigenvalue weighted by atomic mass is 10.1. The first-order valence-electron chi connectivity index (χ1n) is 11.6. The Bertz CT molecular complexity index is 1260. The van der Waals surface area contributed by atoms with Gasteiger partial charge in [0.25, 0.3) is 5.91 Å². The minimum atomic E-state index is -0.0549. The largest absolute Gasteiger partial charge is 0.497 e. The van der Waals surface area contributed by atoms with E-state index in [9.17, 15) is 4.79 Å². The van der Waals surface area contributed by atoms with Crippen molar-refractivity contribution in [3.63, 3.8) is 0 Å². The van der Waals surface area contributed by atoms with Gasteiger partial charge in [-0.15, -0.1) is 5.10 Å². The summed E-state index contributed by atoms with van der Waals surface area (Å²) in [5.74, 6) is 1.24. The molecule has 0 aliphatic carbocycles. The van der Waals surface area contributed by atoms with Gasteiger partial charge in [0.1, 0.15) is 5.75 Å². The fraction of sp³-hybridized carbons (Fsp3) is 0.269. The van der Waals surface area contributed by atoms with E-state index < -0.39 is 0 Å². The van der Waals surface area contributed by atoms with Crippen molar-refractivity contribution in [1.82, 2.24) is 24.8 Å². The molecule has 3 heterocycles. The molecule has 1 fully saturated rings. The number of amides is 1. The van der Waals surface area contributed by atoms with E-state index >= 15 is 0 Å². The number of nitrogens with one attached hydrogen (secondary N) is 2. The van der Waals surface area contributed by atoms with Crippen molar-refractivity contribution in [3.8, 4) is 16.9 Å². The van der Waals surface area contributed by atoms with Crippen LogP contribution in [0.1, 0.15) is 23.2 Å². The van der Waals surface area contributed by atoms with E-state index in [-0.39, 0.29) is 5.91 Å². The maximum Gasteiger partial charge on any atom is 0.251 e. The number of hydrogen-bond donors (Lipinski definition) is 2. The normalized spacial score (nSPS) is 13.8. The highest BCUT2D eigenvalue weighted by Crippen LogP contribution is 2.26. The monoisotopic (exact) mass is 456 g/mol. The number of aromatic nitrogens is 3. The number of ether oxygens (including phenoxy) is 1. The Kier molecular flexibility index (Phi) is 6.40. The van der Waals surface area contributed by atoms with Crippen molar-refractivity contribution in [1.29, 1.82) is 0 Å². The lowest BCUT2D eigenvalue weighted by Gasteiger charge is -2.14. The Morgan fingerprint density at radius 1 is 1.03 bits per heavy atom. The van der Waals surface area contributed by atoms with E-state index in [1.54, 1.807) is 11.6 Å². The number of nitrogens with zero attached hydrogens (tertiary/aromatic N) is 4. The smallest absolute Gasteiger partial charge is 0.251 e. The Morgan fingerprint density at radius 3 is 2.53 bits per heavy atom. The van der Waals surface area contributed by atoms with Gasteiger partial charge in [-0.2, -0.15) is 4.98 Å². The average molecular weight is 457 g/mol. The standard InChI is InChI=1S/C26H28N6O2/c1-34-22-12-8-19(9-13-22)23-5-4-17-32-24(23)29-26(30-32)28-21-10-6-20(7-11-21)25(33)27-14-18-31-15-2-3-16-31/h4-13,17H,2-3,14-16,18H2,1H3,(H,27,33)(H,28,30). The van der Waals surface area contributed by atoms with E-state index in [1.807, 2.05) is 66.9 Å². The first-order chi connectivity index (χ1) is 16.7. The molecule has 0 bridgehead atoms. The number of hydrogen-bond acceptors (Lipinski definition) is 6. The highest BCUT2D eigenvalue weighted by molar-refractivity contribution is 5.94. The zero-order chi connectivity index (χ0) is 23.3. The van der Waals surface area contributed by atoms with Crippen LogP contribution < -0.4 is 15.4 Å². The fourth-order valence-corrected chi connectivity index (χ4v) is 4.22. The van der Waals surface area contributed by atoms with Crippen molar-refractivity contribution in [2.45, 2.75) is 12.8 Å². The Morgan fingerprint density at radius 2 is 1.79 bits per heavy atom. The summed E-state index contributed by atoms with van der Waals surface area (Å²) in [6.07, 6.45) is 4.38. The number of pyridine rings is 1. The summed E-state index contributed by atoms with van der Waals surface area (Å²) < 4.78 is 7.01. The van der Waals surface area contributed by atoms with Gasteiger partial charge in [-0.05, 0) is 80.0 Å². The zero-order valence-corrected chi connectivity index (χ0v) is 19.2. The van der Waals surface area contributed by atoms with E-state index in [4.69, 9.17) is 4.74 Å². The van der Waals surface area contributed by atoms with Crippen LogP contribution in [0.4, 0.5) is 11.6 Å². The quantitative estimate of drug-likeness (QED) is 0.417.